The lowest BCUT2D eigenvalue weighted by molar-refractivity contribution is 0.535. The summed E-state index contributed by atoms with van der Waals surface area (Å²) in [5, 5.41) is 0. The summed E-state index contributed by atoms with van der Waals surface area (Å²) in [5.41, 5.74) is 6.13. The monoisotopic (exact) mass is 531 g/mol. The summed E-state index contributed by atoms with van der Waals surface area (Å²) in [5.74, 6) is 1.22. The van der Waals surface area contributed by atoms with E-state index < -0.39 is 16.1 Å². The minimum atomic E-state index is -3.99. The number of sulfonamides is 1. The molecule has 0 saturated carbocycles. The van der Waals surface area contributed by atoms with Crippen LogP contribution in [-0.2, 0) is 10.0 Å². The Kier molecular flexibility index (Phi) is 6.24. The molecule has 0 saturated heterocycles. The van der Waals surface area contributed by atoms with Gasteiger partial charge in [0.15, 0.2) is 0 Å². The maximum Gasteiger partial charge on any atom is 0.265 e. The fourth-order valence-electron chi connectivity index (χ4n) is 5.66. The highest BCUT2D eigenvalue weighted by atomic mass is 32.2. The van der Waals surface area contributed by atoms with Crippen LogP contribution in [0.1, 0.15) is 40.0 Å². The molecule has 4 aromatic carbocycles. The fraction of sp³-hybridized carbons (Fsp3) is 0.118. The third-order valence-electron chi connectivity index (χ3n) is 7.45. The SMILES string of the molecule is C=C1C(N(c2ccccc2)S(=O)(=O)c2ccc(C)cc2)c2c(-c3ccccc3)oc(C)c2[C@H]1c1ccccc1. The van der Waals surface area contributed by atoms with Gasteiger partial charge in [-0.15, -0.1) is 0 Å². The lowest BCUT2D eigenvalue weighted by atomic mass is 9.90. The number of para-hydroxylation sites is 1. The Balaban J connectivity index is 1.65. The zero-order valence-corrected chi connectivity index (χ0v) is 22.7. The van der Waals surface area contributed by atoms with Crippen molar-refractivity contribution in [2.45, 2.75) is 30.7 Å². The first-order valence-electron chi connectivity index (χ1n) is 13.0. The van der Waals surface area contributed by atoms with Crippen LogP contribution >= 0.6 is 0 Å². The molecule has 1 aliphatic rings. The maximum absolute atomic E-state index is 14.5. The third-order valence-corrected chi connectivity index (χ3v) is 9.25. The highest BCUT2D eigenvalue weighted by Crippen LogP contribution is 2.57. The van der Waals surface area contributed by atoms with Crippen molar-refractivity contribution >= 4 is 15.7 Å². The van der Waals surface area contributed by atoms with Crippen molar-refractivity contribution in [2.75, 3.05) is 4.31 Å². The molecule has 1 aliphatic carbocycles. The molecular formula is C34H29NO3S. The van der Waals surface area contributed by atoms with Crippen molar-refractivity contribution in [1.29, 1.82) is 0 Å². The van der Waals surface area contributed by atoms with Gasteiger partial charge in [0.05, 0.1) is 16.6 Å². The molecular weight excluding hydrogens is 502 g/mol. The van der Waals surface area contributed by atoms with Gasteiger partial charge in [0.1, 0.15) is 11.5 Å². The van der Waals surface area contributed by atoms with Crippen LogP contribution in [0, 0.1) is 13.8 Å². The van der Waals surface area contributed by atoms with Crippen molar-refractivity contribution in [3.63, 3.8) is 0 Å². The minimum absolute atomic E-state index is 0.216. The first-order valence-corrected chi connectivity index (χ1v) is 14.4. The zero-order valence-electron chi connectivity index (χ0n) is 21.9. The van der Waals surface area contributed by atoms with Crippen LogP contribution in [0.5, 0.6) is 0 Å². The van der Waals surface area contributed by atoms with E-state index in [0.29, 0.717) is 11.4 Å². The van der Waals surface area contributed by atoms with Gasteiger partial charge in [-0.3, -0.25) is 4.31 Å². The van der Waals surface area contributed by atoms with Crippen molar-refractivity contribution < 1.29 is 12.8 Å². The second-order valence-corrected chi connectivity index (χ2v) is 11.8. The number of furan rings is 1. The second-order valence-electron chi connectivity index (χ2n) is 9.95. The van der Waals surface area contributed by atoms with Crippen LogP contribution < -0.4 is 4.31 Å². The molecule has 2 atom stereocenters. The fourth-order valence-corrected chi connectivity index (χ4v) is 7.28. The third kappa shape index (κ3) is 4.19. The second kappa shape index (κ2) is 9.75. The lowest BCUT2D eigenvalue weighted by Gasteiger charge is -2.32. The Hall–Kier alpha value is -4.35. The molecule has 0 amide bonds. The van der Waals surface area contributed by atoms with Crippen LogP contribution in [0.2, 0.25) is 0 Å². The number of nitrogens with zero attached hydrogens (tertiary/aromatic N) is 1. The minimum Gasteiger partial charge on any atom is -0.461 e. The van der Waals surface area contributed by atoms with Gasteiger partial charge in [0.25, 0.3) is 10.0 Å². The van der Waals surface area contributed by atoms with E-state index in [0.717, 1.165) is 39.2 Å². The predicted molar refractivity (Wildman–Crippen MR) is 156 cm³/mol. The van der Waals surface area contributed by atoms with Gasteiger partial charge in [0, 0.05) is 22.6 Å². The van der Waals surface area contributed by atoms with E-state index in [-0.39, 0.29) is 10.8 Å². The van der Waals surface area contributed by atoms with Gasteiger partial charge in [-0.1, -0.05) is 103 Å². The van der Waals surface area contributed by atoms with E-state index in [1.807, 2.05) is 105 Å². The normalized spacial score (nSPS) is 16.7. The van der Waals surface area contributed by atoms with Gasteiger partial charge in [-0.2, -0.15) is 0 Å². The Labute approximate surface area is 229 Å². The number of hydrogen-bond acceptors (Lipinski definition) is 3. The van der Waals surface area contributed by atoms with E-state index in [4.69, 9.17) is 4.42 Å². The first kappa shape index (κ1) is 25.0. The van der Waals surface area contributed by atoms with E-state index in [9.17, 15) is 8.42 Å². The molecule has 194 valence electrons. The van der Waals surface area contributed by atoms with Gasteiger partial charge in [-0.25, -0.2) is 8.42 Å². The molecule has 5 heteroatoms. The highest BCUT2D eigenvalue weighted by molar-refractivity contribution is 7.92. The highest BCUT2D eigenvalue weighted by Gasteiger charge is 2.48. The molecule has 5 aromatic rings. The van der Waals surface area contributed by atoms with Crippen LogP contribution in [0.25, 0.3) is 11.3 Å². The summed E-state index contributed by atoms with van der Waals surface area (Å²) in [7, 11) is -3.99. The number of aryl methyl sites for hydroxylation is 2. The quantitative estimate of drug-likeness (QED) is 0.208. The van der Waals surface area contributed by atoms with Crippen molar-refractivity contribution in [1.82, 2.24) is 0 Å². The number of anilines is 1. The molecule has 1 unspecified atom stereocenters. The maximum atomic E-state index is 14.5. The number of hydrogen-bond donors (Lipinski definition) is 0. The van der Waals surface area contributed by atoms with E-state index in [1.54, 1.807) is 12.1 Å². The molecule has 4 nitrogen and oxygen atoms in total. The van der Waals surface area contributed by atoms with Gasteiger partial charge >= 0.3 is 0 Å². The van der Waals surface area contributed by atoms with E-state index >= 15 is 0 Å². The Morgan fingerprint density at radius 1 is 0.718 bits per heavy atom. The molecule has 6 rings (SSSR count). The molecule has 1 aromatic heterocycles. The first-order chi connectivity index (χ1) is 18.9. The van der Waals surface area contributed by atoms with Crippen LogP contribution in [0.15, 0.2) is 137 Å². The van der Waals surface area contributed by atoms with E-state index in [2.05, 4.69) is 18.7 Å². The van der Waals surface area contributed by atoms with E-state index in [1.165, 1.54) is 4.31 Å². The lowest BCUT2D eigenvalue weighted by Crippen LogP contribution is -2.35. The zero-order chi connectivity index (χ0) is 27.1. The molecule has 0 N–H and O–H groups in total. The number of benzene rings is 4. The summed E-state index contributed by atoms with van der Waals surface area (Å²) in [6.45, 7) is 8.48. The molecule has 0 spiro atoms. The standard InChI is InChI=1S/C34H29NO3S/c1-23-19-21-29(22-20-23)39(36,37)35(28-17-11-6-12-18-28)33-24(2)30(26-13-7-4-8-14-26)31-25(3)38-34(32(31)33)27-15-9-5-10-16-27/h4-22,30,33H,2H2,1,3H3/t30-,33?/m1/s1. The van der Waals surface area contributed by atoms with Crippen molar-refractivity contribution in [3.8, 4) is 11.3 Å². The molecule has 0 fully saturated rings. The van der Waals surface area contributed by atoms with Crippen LogP contribution in [-0.4, -0.2) is 8.42 Å². The summed E-state index contributed by atoms with van der Waals surface area (Å²) < 4.78 is 37.1. The van der Waals surface area contributed by atoms with Gasteiger partial charge < -0.3 is 4.42 Å². The smallest absolute Gasteiger partial charge is 0.265 e. The largest absolute Gasteiger partial charge is 0.461 e. The molecule has 0 radical (unpaired) electrons. The average molecular weight is 532 g/mol. The average Bonchev–Trinajstić information content (AvgIpc) is 3.44. The van der Waals surface area contributed by atoms with Crippen molar-refractivity contribution in [2.24, 2.45) is 0 Å². The number of fused-ring (bicyclic) bond motifs is 1. The summed E-state index contributed by atoms with van der Waals surface area (Å²) in [4.78, 5) is 0.232. The van der Waals surface area contributed by atoms with Crippen LogP contribution in [0.4, 0.5) is 5.69 Å². The van der Waals surface area contributed by atoms with Crippen molar-refractivity contribution in [3.05, 3.63) is 155 Å². The Morgan fingerprint density at radius 3 is 1.90 bits per heavy atom. The molecule has 1 heterocycles. The summed E-state index contributed by atoms with van der Waals surface area (Å²) in [6.07, 6.45) is 0. The molecule has 0 bridgehead atoms. The Morgan fingerprint density at radius 2 is 1.28 bits per heavy atom. The number of rotatable bonds is 6. The van der Waals surface area contributed by atoms with Crippen LogP contribution in [0.3, 0.4) is 0 Å². The summed E-state index contributed by atoms with van der Waals surface area (Å²) >= 11 is 0. The van der Waals surface area contributed by atoms with Gasteiger partial charge in [-0.05, 0) is 49.2 Å². The predicted octanol–water partition coefficient (Wildman–Crippen LogP) is 8.20. The topological polar surface area (TPSA) is 50.5 Å². The Bertz CT molecular complexity index is 1740. The summed E-state index contributed by atoms with van der Waals surface area (Å²) in [6, 6.07) is 35.6. The van der Waals surface area contributed by atoms with Gasteiger partial charge in [0.2, 0.25) is 0 Å². The molecule has 0 aliphatic heterocycles. The molecule has 39 heavy (non-hydrogen) atoms.